The van der Waals surface area contributed by atoms with Gasteiger partial charge < -0.3 is 19.5 Å². The summed E-state index contributed by atoms with van der Waals surface area (Å²) in [6.45, 7) is 3.67. The van der Waals surface area contributed by atoms with Crippen LogP contribution in [0.25, 0.3) is 0 Å². The molecule has 1 aliphatic carbocycles. The minimum Gasteiger partial charge on any atom is -0.486 e. The summed E-state index contributed by atoms with van der Waals surface area (Å²) >= 11 is 0. The van der Waals surface area contributed by atoms with Crippen LogP contribution in [0.2, 0.25) is 0 Å². The van der Waals surface area contributed by atoms with Gasteiger partial charge in [-0.3, -0.25) is 9.59 Å². The molecule has 1 amide bonds. The Labute approximate surface area is 182 Å². The van der Waals surface area contributed by atoms with Crippen LogP contribution in [0.1, 0.15) is 46.0 Å². The number of carbonyl (C=O) groups excluding carboxylic acids is 2. The van der Waals surface area contributed by atoms with Gasteiger partial charge in [0, 0.05) is 12.1 Å². The molecule has 0 aromatic heterocycles. The van der Waals surface area contributed by atoms with Crippen molar-refractivity contribution < 1.29 is 32.2 Å². The summed E-state index contributed by atoms with van der Waals surface area (Å²) in [4.78, 5) is 24.6. The van der Waals surface area contributed by atoms with Crippen LogP contribution in [0.15, 0.2) is 23.1 Å². The van der Waals surface area contributed by atoms with Crippen molar-refractivity contribution >= 4 is 21.9 Å². The van der Waals surface area contributed by atoms with E-state index in [1.54, 1.807) is 13.8 Å². The van der Waals surface area contributed by atoms with Gasteiger partial charge in [0.05, 0.1) is 4.90 Å². The fourth-order valence-electron chi connectivity index (χ4n) is 3.63. The molecule has 1 atom stereocenters. The van der Waals surface area contributed by atoms with E-state index in [-0.39, 0.29) is 22.8 Å². The van der Waals surface area contributed by atoms with Gasteiger partial charge in [-0.1, -0.05) is 33.1 Å². The van der Waals surface area contributed by atoms with E-state index in [2.05, 4.69) is 10.0 Å². The van der Waals surface area contributed by atoms with E-state index < -0.39 is 28.6 Å². The lowest BCUT2D eigenvalue weighted by molar-refractivity contribution is -0.151. The molecule has 9 nitrogen and oxygen atoms in total. The number of ether oxygens (including phenoxy) is 3. The first-order valence-electron chi connectivity index (χ1n) is 10.6. The molecule has 172 valence electrons. The summed E-state index contributed by atoms with van der Waals surface area (Å²) in [5.74, 6) is -0.764. The molecule has 1 aliphatic heterocycles. The third kappa shape index (κ3) is 6.33. The van der Waals surface area contributed by atoms with Crippen molar-refractivity contribution in [3.05, 3.63) is 18.2 Å². The first-order chi connectivity index (χ1) is 14.8. The number of hydrogen-bond donors (Lipinski definition) is 2. The molecule has 1 aromatic carbocycles. The number of amides is 1. The number of rotatable bonds is 8. The lowest BCUT2D eigenvalue weighted by Crippen LogP contribution is -2.46. The minimum absolute atomic E-state index is 0.0507. The van der Waals surface area contributed by atoms with E-state index in [4.69, 9.17) is 14.2 Å². The van der Waals surface area contributed by atoms with Gasteiger partial charge in [0.2, 0.25) is 10.0 Å². The Morgan fingerprint density at radius 1 is 1.10 bits per heavy atom. The largest absolute Gasteiger partial charge is 0.486 e. The Balaban J connectivity index is 1.60. The quantitative estimate of drug-likeness (QED) is 0.574. The average molecular weight is 455 g/mol. The van der Waals surface area contributed by atoms with Crippen LogP contribution in [0.4, 0.5) is 0 Å². The molecular weight excluding hydrogens is 424 g/mol. The standard InChI is InChI=1S/C21H30N2O7S/c1-14(2)20(21(25)30-13-19(24)22-15-6-4-3-5-7-15)23-31(26,27)16-8-9-17-18(12-16)29-11-10-28-17/h8-9,12,14-15,20,23H,3-7,10-11,13H2,1-2H3,(H,22,24). The number of fused-ring (bicyclic) bond motifs is 1. The number of nitrogens with one attached hydrogen (secondary N) is 2. The fourth-order valence-corrected chi connectivity index (χ4v) is 4.97. The van der Waals surface area contributed by atoms with Crippen molar-refractivity contribution in [3.8, 4) is 11.5 Å². The zero-order valence-corrected chi connectivity index (χ0v) is 18.7. The van der Waals surface area contributed by atoms with E-state index in [1.165, 1.54) is 24.6 Å². The van der Waals surface area contributed by atoms with Crippen LogP contribution >= 0.6 is 0 Å². The SMILES string of the molecule is CC(C)C(NS(=O)(=O)c1ccc2c(c1)OCCO2)C(=O)OCC(=O)NC1CCCCC1. The van der Waals surface area contributed by atoms with Gasteiger partial charge in [0.15, 0.2) is 18.1 Å². The molecule has 0 saturated heterocycles. The van der Waals surface area contributed by atoms with Gasteiger partial charge in [0.25, 0.3) is 5.91 Å². The molecule has 1 unspecified atom stereocenters. The summed E-state index contributed by atoms with van der Waals surface area (Å²) < 4.78 is 44.0. The minimum atomic E-state index is -4.03. The molecule has 1 aromatic rings. The van der Waals surface area contributed by atoms with Gasteiger partial charge in [-0.2, -0.15) is 4.72 Å². The Hall–Kier alpha value is -2.33. The summed E-state index contributed by atoms with van der Waals surface area (Å²) in [5, 5.41) is 2.86. The highest BCUT2D eigenvalue weighted by molar-refractivity contribution is 7.89. The maximum absolute atomic E-state index is 12.8. The van der Waals surface area contributed by atoms with Crippen molar-refractivity contribution in [3.63, 3.8) is 0 Å². The van der Waals surface area contributed by atoms with Crippen LogP contribution in [-0.4, -0.2) is 52.2 Å². The zero-order valence-electron chi connectivity index (χ0n) is 17.9. The van der Waals surface area contributed by atoms with Crippen molar-refractivity contribution in [1.82, 2.24) is 10.0 Å². The van der Waals surface area contributed by atoms with Gasteiger partial charge in [0.1, 0.15) is 19.3 Å². The van der Waals surface area contributed by atoms with Crippen molar-refractivity contribution in [2.24, 2.45) is 5.92 Å². The van der Waals surface area contributed by atoms with E-state index >= 15 is 0 Å². The summed E-state index contributed by atoms with van der Waals surface area (Å²) in [6.07, 6.45) is 5.15. The van der Waals surface area contributed by atoms with E-state index in [0.717, 1.165) is 25.7 Å². The topological polar surface area (TPSA) is 120 Å². The molecule has 0 radical (unpaired) electrons. The highest BCUT2D eigenvalue weighted by atomic mass is 32.2. The predicted octanol–water partition coefficient (Wildman–Crippen LogP) is 1.75. The molecule has 0 spiro atoms. The fraction of sp³-hybridized carbons (Fsp3) is 0.619. The van der Waals surface area contributed by atoms with E-state index in [9.17, 15) is 18.0 Å². The van der Waals surface area contributed by atoms with Gasteiger partial charge in [-0.05, 0) is 30.9 Å². The molecular formula is C21H30N2O7S. The number of benzene rings is 1. The molecule has 1 saturated carbocycles. The second-order valence-corrected chi connectivity index (χ2v) is 9.87. The highest BCUT2D eigenvalue weighted by Gasteiger charge is 2.31. The Kier molecular flexibility index (Phi) is 7.77. The second-order valence-electron chi connectivity index (χ2n) is 8.16. The van der Waals surface area contributed by atoms with Gasteiger partial charge in [-0.25, -0.2) is 8.42 Å². The van der Waals surface area contributed by atoms with Crippen molar-refractivity contribution in [2.45, 2.75) is 62.9 Å². The smallest absolute Gasteiger partial charge is 0.324 e. The lowest BCUT2D eigenvalue weighted by Gasteiger charge is -2.24. The summed E-state index contributed by atoms with van der Waals surface area (Å²) in [5.41, 5.74) is 0. The molecule has 1 heterocycles. The van der Waals surface area contributed by atoms with E-state index in [0.29, 0.717) is 24.7 Å². The highest BCUT2D eigenvalue weighted by Crippen LogP contribution is 2.32. The van der Waals surface area contributed by atoms with Crippen LogP contribution in [0.3, 0.4) is 0 Å². The Morgan fingerprint density at radius 3 is 2.45 bits per heavy atom. The normalized spacial score (nSPS) is 17.8. The van der Waals surface area contributed by atoms with Crippen LogP contribution in [0, 0.1) is 5.92 Å². The number of hydrogen-bond acceptors (Lipinski definition) is 7. The van der Waals surface area contributed by atoms with Gasteiger partial charge in [-0.15, -0.1) is 0 Å². The summed E-state index contributed by atoms with van der Waals surface area (Å²) in [6, 6.07) is 3.23. The Bertz CT molecular complexity index is 895. The molecule has 2 N–H and O–H groups in total. The van der Waals surface area contributed by atoms with Gasteiger partial charge >= 0.3 is 5.97 Å². The van der Waals surface area contributed by atoms with Crippen LogP contribution < -0.4 is 19.5 Å². The van der Waals surface area contributed by atoms with Crippen LogP contribution in [-0.2, 0) is 24.3 Å². The average Bonchev–Trinajstić information content (AvgIpc) is 2.76. The first-order valence-corrected chi connectivity index (χ1v) is 12.1. The number of sulfonamides is 1. The molecule has 31 heavy (non-hydrogen) atoms. The third-order valence-corrected chi connectivity index (χ3v) is 6.78. The number of carbonyl (C=O) groups is 2. The second kappa shape index (κ2) is 10.3. The Morgan fingerprint density at radius 2 is 1.77 bits per heavy atom. The molecule has 10 heteroatoms. The number of esters is 1. The first kappa shape index (κ1) is 23.3. The van der Waals surface area contributed by atoms with Crippen molar-refractivity contribution in [2.75, 3.05) is 19.8 Å². The zero-order chi connectivity index (χ0) is 22.4. The van der Waals surface area contributed by atoms with Crippen molar-refractivity contribution in [1.29, 1.82) is 0 Å². The van der Waals surface area contributed by atoms with E-state index in [1.807, 2.05) is 0 Å². The molecule has 1 fully saturated rings. The molecule has 0 bridgehead atoms. The third-order valence-electron chi connectivity index (χ3n) is 5.34. The lowest BCUT2D eigenvalue weighted by atomic mass is 9.95. The maximum Gasteiger partial charge on any atom is 0.324 e. The summed E-state index contributed by atoms with van der Waals surface area (Å²) in [7, 11) is -4.03. The monoisotopic (exact) mass is 454 g/mol. The maximum atomic E-state index is 12.8. The van der Waals surface area contributed by atoms with Crippen LogP contribution in [0.5, 0.6) is 11.5 Å². The molecule has 2 aliphatic rings. The molecule has 3 rings (SSSR count). The predicted molar refractivity (Wildman–Crippen MR) is 112 cm³/mol.